The summed E-state index contributed by atoms with van der Waals surface area (Å²) in [6, 6.07) is 0. The average molecular weight is 156 g/mol. The number of rotatable bonds is 1. The van der Waals surface area contributed by atoms with Crippen LogP contribution in [-0.2, 0) is 0 Å². The maximum Gasteiger partial charge on any atom is 0.119 e. The molecule has 0 amide bonds. The number of aliphatic imine (C=N–C) groups is 2. The fraction of sp³-hybridized carbons (Fsp3) is 0.778. The highest BCUT2D eigenvalue weighted by Crippen LogP contribution is 1.85. The molecule has 11 heavy (non-hydrogen) atoms. The van der Waals surface area contributed by atoms with Gasteiger partial charge >= 0.3 is 0 Å². The Morgan fingerprint density at radius 2 is 1.73 bits per heavy atom. The Labute approximate surface area is 70.5 Å². The van der Waals surface area contributed by atoms with Crippen LogP contribution in [0.5, 0.6) is 0 Å². The molecule has 0 saturated carbocycles. The van der Waals surface area contributed by atoms with E-state index >= 15 is 0 Å². The monoisotopic (exact) mass is 156 g/mol. The van der Waals surface area contributed by atoms with Gasteiger partial charge in [0.05, 0.1) is 0 Å². The molecule has 0 radical (unpaired) electrons. The smallest absolute Gasteiger partial charge is 0.119 e. The molecule has 0 aromatic rings. The van der Waals surface area contributed by atoms with E-state index in [0.29, 0.717) is 5.92 Å². The molecule has 0 saturated heterocycles. The van der Waals surface area contributed by atoms with E-state index < -0.39 is 0 Å². The molecule has 2 heteroatoms. The Kier molecular flexibility index (Phi) is 11.0. The molecule has 0 N–H and O–H groups in total. The van der Waals surface area contributed by atoms with Crippen molar-refractivity contribution in [1.82, 2.24) is 0 Å². The van der Waals surface area contributed by atoms with Crippen molar-refractivity contribution in [3.8, 4) is 0 Å². The number of hydrogen-bond donors (Lipinski definition) is 0. The van der Waals surface area contributed by atoms with Gasteiger partial charge in [0.2, 0.25) is 0 Å². The third-order valence-electron chi connectivity index (χ3n) is 0.883. The van der Waals surface area contributed by atoms with Crippen LogP contribution >= 0.6 is 0 Å². The molecule has 0 aliphatic heterocycles. The predicted octanol–water partition coefficient (Wildman–Crippen LogP) is 2.79. The zero-order valence-corrected chi connectivity index (χ0v) is 8.55. The van der Waals surface area contributed by atoms with Crippen LogP contribution in [0.4, 0.5) is 0 Å². The second-order valence-corrected chi connectivity index (χ2v) is 2.29. The molecule has 0 aromatic heterocycles. The molecule has 0 atom stereocenters. The lowest BCUT2D eigenvalue weighted by Crippen LogP contribution is -1.91. The van der Waals surface area contributed by atoms with E-state index in [2.05, 4.69) is 23.8 Å². The van der Waals surface area contributed by atoms with Crippen LogP contribution in [0.15, 0.2) is 9.98 Å². The van der Waals surface area contributed by atoms with E-state index in [0.717, 1.165) is 5.84 Å². The number of nitrogens with zero attached hydrogens (tertiary/aromatic N) is 2. The highest BCUT2D eigenvalue weighted by molar-refractivity contribution is 5.87. The van der Waals surface area contributed by atoms with Gasteiger partial charge in [0.25, 0.3) is 0 Å². The third-order valence-corrected chi connectivity index (χ3v) is 0.883. The summed E-state index contributed by atoms with van der Waals surface area (Å²) in [4.78, 5) is 7.95. The molecule has 66 valence electrons. The Morgan fingerprint density at radius 1 is 1.27 bits per heavy atom. The molecule has 0 bridgehead atoms. The summed E-state index contributed by atoms with van der Waals surface area (Å²) in [5.74, 6) is 1.35. The van der Waals surface area contributed by atoms with Crippen molar-refractivity contribution in [2.45, 2.75) is 34.6 Å². The molecule has 0 unspecified atom stereocenters. The first-order chi connectivity index (χ1) is 5.16. The van der Waals surface area contributed by atoms with Gasteiger partial charge in [-0.3, -0.25) is 4.99 Å². The summed E-state index contributed by atoms with van der Waals surface area (Å²) in [5.41, 5.74) is 0. The van der Waals surface area contributed by atoms with Crippen LogP contribution in [0.1, 0.15) is 34.6 Å². The average Bonchev–Trinajstić information content (AvgIpc) is 2.04. The van der Waals surface area contributed by atoms with Gasteiger partial charge in [0.15, 0.2) is 0 Å². The molecular formula is C9H20N2. The van der Waals surface area contributed by atoms with Crippen LogP contribution in [0.3, 0.4) is 0 Å². The molecule has 0 fully saturated rings. The first-order valence-electron chi connectivity index (χ1n) is 4.14. The molecule has 0 rings (SSSR count). The summed E-state index contributed by atoms with van der Waals surface area (Å²) in [6.45, 7) is 10.1. The Bertz CT molecular complexity index is 124. The highest BCUT2D eigenvalue weighted by atomic mass is 14.9. The molecule has 0 aliphatic rings. The van der Waals surface area contributed by atoms with Crippen molar-refractivity contribution in [1.29, 1.82) is 0 Å². The van der Waals surface area contributed by atoms with Gasteiger partial charge in [-0.2, -0.15) is 0 Å². The quantitative estimate of drug-likeness (QED) is 0.412. The highest BCUT2D eigenvalue weighted by Gasteiger charge is 1.84. The second-order valence-electron chi connectivity index (χ2n) is 2.29. The Morgan fingerprint density at radius 3 is 2.00 bits per heavy atom. The van der Waals surface area contributed by atoms with Gasteiger partial charge in [-0.1, -0.05) is 27.7 Å². The fourth-order valence-corrected chi connectivity index (χ4v) is 0.315. The number of amidine groups is 1. The van der Waals surface area contributed by atoms with Gasteiger partial charge in [-0.15, -0.1) is 0 Å². The van der Waals surface area contributed by atoms with Crippen molar-refractivity contribution in [3.05, 3.63) is 0 Å². The summed E-state index contributed by atoms with van der Waals surface area (Å²) in [5, 5.41) is 0. The van der Waals surface area contributed by atoms with Gasteiger partial charge in [-0.25, -0.2) is 4.99 Å². The molecule has 0 aliphatic carbocycles. The van der Waals surface area contributed by atoms with E-state index in [1.165, 1.54) is 0 Å². The van der Waals surface area contributed by atoms with Crippen LogP contribution in [0.2, 0.25) is 0 Å². The maximum atomic E-state index is 4.07. The standard InChI is InChI=1S/C7H14N2.C2H6/c1-6(2)5-9-7(3)8-4;1-2/h5-6H,1-4H3;1-2H3. The lowest BCUT2D eigenvalue weighted by molar-refractivity contribution is 0.908. The predicted molar refractivity (Wildman–Crippen MR) is 53.7 cm³/mol. The van der Waals surface area contributed by atoms with E-state index in [-0.39, 0.29) is 0 Å². The first-order valence-corrected chi connectivity index (χ1v) is 4.14. The van der Waals surface area contributed by atoms with E-state index in [9.17, 15) is 0 Å². The van der Waals surface area contributed by atoms with Crippen molar-refractivity contribution >= 4 is 12.1 Å². The van der Waals surface area contributed by atoms with E-state index in [1.807, 2.05) is 27.0 Å². The normalized spacial score (nSPS) is 11.7. The van der Waals surface area contributed by atoms with E-state index in [1.54, 1.807) is 7.05 Å². The minimum Gasteiger partial charge on any atom is -0.274 e. The largest absolute Gasteiger partial charge is 0.274 e. The van der Waals surface area contributed by atoms with Gasteiger partial charge in [0, 0.05) is 13.3 Å². The minimum atomic E-state index is 0.515. The van der Waals surface area contributed by atoms with Crippen LogP contribution in [-0.4, -0.2) is 19.1 Å². The molecular weight excluding hydrogens is 136 g/mol. The summed E-state index contributed by atoms with van der Waals surface area (Å²) < 4.78 is 0. The van der Waals surface area contributed by atoms with Crippen LogP contribution in [0, 0.1) is 5.92 Å². The SMILES string of the molecule is CC.CN=C(C)N=CC(C)C. The van der Waals surface area contributed by atoms with E-state index in [4.69, 9.17) is 0 Å². The molecule has 0 heterocycles. The van der Waals surface area contributed by atoms with Crippen LogP contribution in [0.25, 0.3) is 0 Å². The second kappa shape index (κ2) is 9.34. The lowest BCUT2D eigenvalue weighted by Gasteiger charge is -1.91. The van der Waals surface area contributed by atoms with Crippen molar-refractivity contribution in [3.63, 3.8) is 0 Å². The van der Waals surface area contributed by atoms with Gasteiger partial charge < -0.3 is 0 Å². The van der Waals surface area contributed by atoms with Gasteiger partial charge in [-0.05, 0) is 12.8 Å². The summed E-state index contributed by atoms with van der Waals surface area (Å²) in [7, 11) is 1.74. The number of hydrogen-bond acceptors (Lipinski definition) is 1. The molecule has 0 aromatic carbocycles. The summed E-state index contributed by atoms with van der Waals surface area (Å²) in [6.07, 6.45) is 1.89. The third kappa shape index (κ3) is 12.5. The molecule has 2 nitrogen and oxygen atoms in total. The topological polar surface area (TPSA) is 24.7 Å². The Hall–Kier alpha value is -0.660. The maximum absolute atomic E-state index is 4.07. The minimum absolute atomic E-state index is 0.515. The van der Waals surface area contributed by atoms with Crippen molar-refractivity contribution < 1.29 is 0 Å². The summed E-state index contributed by atoms with van der Waals surface area (Å²) >= 11 is 0. The van der Waals surface area contributed by atoms with Crippen molar-refractivity contribution in [2.75, 3.05) is 7.05 Å². The Balaban J connectivity index is 0. The molecule has 0 spiro atoms. The van der Waals surface area contributed by atoms with Gasteiger partial charge in [0.1, 0.15) is 5.84 Å². The fourth-order valence-electron chi connectivity index (χ4n) is 0.315. The zero-order valence-electron chi connectivity index (χ0n) is 8.55. The first kappa shape index (κ1) is 13.0. The zero-order chi connectivity index (χ0) is 9.28. The van der Waals surface area contributed by atoms with Crippen LogP contribution < -0.4 is 0 Å². The lowest BCUT2D eigenvalue weighted by atomic mass is 10.2. The van der Waals surface area contributed by atoms with Crippen molar-refractivity contribution in [2.24, 2.45) is 15.9 Å².